The van der Waals surface area contributed by atoms with Crippen LogP contribution in [-0.4, -0.2) is 35.3 Å². The van der Waals surface area contributed by atoms with Gasteiger partial charge in [0.05, 0.1) is 13.2 Å². The normalized spacial score (nSPS) is 18.7. The average molecular weight is 425 g/mol. The van der Waals surface area contributed by atoms with Gasteiger partial charge in [0.1, 0.15) is 11.5 Å². The SMILES string of the molecule is COc1ccc(CC2(NCC(O)c3cc(O)cc4c3CCC(=O)N4)CCCCC2)cc1. The van der Waals surface area contributed by atoms with E-state index < -0.39 is 6.10 Å². The van der Waals surface area contributed by atoms with Gasteiger partial charge in [0, 0.05) is 30.3 Å². The Bertz CT molecular complexity index is 920. The van der Waals surface area contributed by atoms with Crippen LogP contribution in [0.2, 0.25) is 0 Å². The van der Waals surface area contributed by atoms with E-state index >= 15 is 0 Å². The topological polar surface area (TPSA) is 90.8 Å². The van der Waals surface area contributed by atoms with Crippen LogP contribution in [0.1, 0.15) is 61.3 Å². The molecule has 1 saturated carbocycles. The van der Waals surface area contributed by atoms with Gasteiger partial charge in [-0.15, -0.1) is 0 Å². The van der Waals surface area contributed by atoms with E-state index in [0.29, 0.717) is 30.6 Å². The number of hydrogen-bond donors (Lipinski definition) is 4. The molecule has 4 N–H and O–H groups in total. The molecule has 1 fully saturated rings. The van der Waals surface area contributed by atoms with Gasteiger partial charge in [-0.1, -0.05) is 31.4 Å². The number of phenols is 1. The molecular weight excluding hydrogens is 392 g/mol. The molecule has 166 valence electrons. The summed E-state index contributed by atoms with van der Waals surface area (Å²) in [7, 11) is 1.67. The molecule has 4 rings (SSSR count). The third-order valence-electron chi connectivity index (χ3n) is 6.69. The third kappa shape index (κ3) is 5.02. The number of aliphatic hydroxyl groups is 1. The number of rotatable bonds is 7. The number of aliphatic hydroxyl groups excluding tert-OH is 1. The largest absolute Gasteiger partial charge is 0.508 e. The molecule has 2 aliphatic rings. The highest BCUT2D eigenvalue weighted by molar-refractivity contribution is 5.94. The molecule has 0 bridgehead atoms. The maximum absolute atomic E-state index is 11.7. The van der Waals surface area contributed by atoms with Crippen molar-refractivity contribution < 1.29 is 19.7 Å². The van der Waals surface area contributed by atoms with Crippen molar-refractivity contribution in [2.24, 2.45) is 0 Å². The van der Waals surface area contributed by atoms with Gasteiger partial charge in [-0.2, -0.15) is 0 Å². The lowest BCUT2D eigenvalue weighted by molar-refractivity contribution is -0.116. The number of carbonyl (C=O) groups is 1. The first kappa shape index (κ1) is 21.7. The molecule has 2 aromatic carbocycles. The van der Waals surface area contributed by atoms with Crippen molar-refractivity contribution >= 4 is 11.6 Å². The first-order chi connectivity index (χ1) is 15.0. The first-order valence-electron chi connectivity index (χ1n) is 11.2. The molecule has 6 heteroatoms. The van der Waals surface area contributed by atoms with E-state index in [1.807, 2.05) is 12.1 Å². The maximum atomic E-state index is 11.7. The Kier molecular flexibility index (Phi) is 6.49. The van der Waals surface area contributed by atoms with Crippen molar-refractivity contribution in [1.29, 1.82) is 0 Å². The van der Waals surface area contributed by atoms with Crippen molar-refractivity contribution in [2.75, 3.05) is 19.0 Å². The summed E-state index contributed by atoms with van der Waals surface area (Å²) in [6, 6.07) is 11.4. The van der Waals surface area contributed by atoms with Crippen LogP contribution in [0.5, 0.6) is 11.5 Å². The Morgan fingerprint density at radius 1 is 1.13 bits per heavy atom. The molecule has 31 heavy (non-hydrogen) atoms. The average Bonchev–Trinajstić information content (AvgIpc) is 2.78. The summed E-state index contributed by atoms with van der Waals surface area (Å²) in [5.74, 6) is 0.850. The standard InChI is InChI=1S/C25H32N2O4/c1-31-19-7-5-17(6-8-19)15-25(11-3-2-4-12-25)26-16-23(29)21-13-18(28)14-22-20(21)9-10-24(30)27-22/h5-8,13-14,23,26,28-29H,2-4,9-12,15-16H2,1H3,(H,27,30). The molecule has 1 aliphatic heterocycles. The minimum absolute atomic E-state index is 0.0561. The molecule has 2 aromatic rings. The molecule has 0 aromatic heterocycles. The summed E-state index contributed by atoms with van der Waals surface area (Å²) in [6.45, 7) is 0.403. The number of fused-ring (bicyclic) bond motifs is 1. The zero-order valence-electron chi connectivity index (χ0n) is 18.1. The molecular formula is C25H32N2O4. The highest BCUT2D eigenvalue weighted by Crippen LogP contribution is 2.35. The molecule has 1 heterocycles. The molecule has 0 spiro atoms. The zero-order chi connectivity index (χ0) is 21.8. The molecule has 1 atom stereocenters. The van der Waals surface area contributed by atoms with E-state index in [2.05, 4.69) is 22.8 Å². The van der Waals surface area contributed by atoms with Crippen molar-refractivity contribution in [2.45, 2.75) is 63.0 Å². The van der Waals surface area contributed by atoms with E-state index in [1.54, 1.807) is 19.2 Å². The predicted octanol–water partition coefficient (Wildman–Crippen LogP) is 3.85. The smallest absolute Gasteiger partial charge is 0.224 e. The van der Waals surface area contributed by atoms with E-state index in [0.717, 1.165) is 30.6 Å². The van der Waals surface area contributed by atoms with Crippen LogP contribution in [-0.2, 0) is 17.6 Å². The molecule has 1 aliphatic carbocycles. The fourth-order valence-electron chi connectivity index (χ4n) is 5.02. The number of phenolic OH excluding ortho intramolecular Hbond substituents is 1. The number of nitrogens with one attached hydrogen (secondary N) is 2. The van der Waals surface area contributed by atoms with Gasteiger partial charge < -0.3 is 25.6 Å². The number of aromatic hydroxyl groups is 1. The number of methoxy groups -OCH3 is 1. The van der Waals surface area contributed by atoms with Crippen molar-refractivity contribution in [3.05, 3.63) is 53.1 Å². The van der Waals surface area contributed by atoms with E-state index in [-0.39, 0.29) is 17.2 Å². The summed E-state index contributed by atoms with van der Waals surface area (Å²) < 4.78 is 5.28. The Morgan fingerprint density at radius 2 is 1.87 bits per heavy atom. The summed E-state index contributed by atoms with van der Waals surface area (Å²) >= 11 is 0. The van der Waals surface area contributed by atoms with Crippen LogP contribution < -0.4 is 15.4 Å². The number of carbonyl (C=O) groups excluding carboxylic acids is 1. The molecule has 6 nitrogen and oxygen atoms in total. The molecule has 1 unspecified atom stereocenters. The third-order valence-corrected chi connectivity index (χ3v) is 6.69. The van der Waals surface area contributed by atoms with Gasteiger partial charge in [-0.05, 0) is 60.6 Å². The van der Waals surface area contributed by atoms with E-state index in [9.17, 15) is 15.0 Å². The second kappa shape index (κ2) is 9.28. The van der Waals surface area contributed by atoms with Crippen LogP contribution in [0.4, 0.5) is 5.69 Å². The Labute approximate surface area is 183 Å². The van der Waals surface area contributed by atoms with Crippen molar-refractivity contribution in [1.82, 2.24) is 5.32 Å². The van der Waals surface area contributed by atoms with Crippen LogP contribution in [0.25, 0.3) is 0 Å². The highest BCUT2D eigenvalue weighted by Gasteiger charge is 2.33. The fourth-order valence-corrected chi connectivity index (χ4v) is 5.02. The lowest BCUT2D eigenvalue weighted by Crippen LogP contribution is -2.50. The number of benzene rings is 2. The molecule has 0 saturated heterocycles. The lowest BCUT2D eigenvalue weighted by Gasteiger charge is -2.39. The lowest BCUT2D eigenvalue weighted by atomic mass is 9.77. The minimum atomic E-state index is -0.759. The summed E-state index contributed by atoms with van der Waals surface area (Å²) in [6.07, 6.45) is 6.84. The molecule has 1 amide bonds. The minimum Gasteiger partial charge on any atom is -0.508 e. The Hall–Kier alpha value is -2.57. The van der Waals surface area contributed by atoms with Gasteiger partial charge >= 0.3 is 0 Å². The highest BCUT2D eigenvalue weighted by atomic mass is 16.5. The number of hydrogen-bond acceptors (Lipinski definition) is 5. The zero-order valence-corrected chi connectivity index (χ0v) is 18.1. The number of anilines is 1. The van der Waals surface area contributed by atoms with Crippen LogP contribution in [0, 0.1) is 0 Å². The van der Waals surface area contributed by atoms with Crippen molar-refractivity contribution in [3.8, 4) is 11.5 Å². The maximum Gasteiger partial charge on any atom is 0.224 e. The van der Waals surface area contributed by atoms with Gasteiger partial charge in [0.25, 0.3) is 0 Å². The van der Waals surface area contributed by atoms with Gasteiger partial charge in [0.2, 0.25) is 5.91 Å². The van der Waals surface area contributed by atoms with Gasteiger partial charge in [-0.3, -0.25) is 4.79 Å². The van der Waals surface area contributed by atoms with Crippen LogP contribution in [0.3, 0.4) is 0 Å². The molecule has 0 radical (unpaired) electrons. The van der Waals surface area contributed by atoms with Gasteiger partial charge in [0.15, 0.2) is 0 Å². The monoisotopic (exact) mass is 424 g/mol. The summed E-state index contributed by atoms with van der Waals surface area (Å²) in [4.78, 5) is 11.7. The summed E-state index contributed by atoms with van der Waals surface area (Å²) in [5.41, 5.74) is 3.41. The fraction of sp³-hybridized carbons (Fsp3) is 0.480. The number of ether oxygens (including phenoxy) is 1. The number of β-amino-alcohol motifs (C(OH)–C–C–N with tert-alkyl or cyclic N) is 1. The summed E-state index contributed by atoms with van der Waals surface area (Å²) in [5, 5.41) is 27.7. The van der Waals surface area contributed by atoms with Gasteiger partial charge in [-0.25, -0.2) is 0 Å². The van der Waals surface area contributed by atoms with Crippen molar-refractivity contribution in [3.63, 3.8) is 0 Å². The van der Waals surface area contributed by atoms with Crippen LogP contribution >= 0.6 is 0 Å². The van der Waals surface area contributed by atoms with E-state index in [4.69, 9.17) is 4.74 Å². The number of amides is 1. The quantitative estimate of drug-likeness (QED) is 0.542. The van der Waals surface area contributed by atoms with Crippen LogP contribution in [0.15, 0.2) is 36.4 Å². The Morgan fingerprint density at radius 3 is 2.58 bits per heavy atom. The second-order valence-electron chi connectivity index (χ2n) is 8.87. The van der Waals surface area contributed by atoms with E-state index in [1.165, 1.54) is 24.8 Å². The first-order valence-corrected chi connectivity index (χ1v) is 11.2. The second-order valence-corrected chi connectivity index (χ2v) is 8.87. The predicted molar refractivity (Wildman–Crippen MR) is 121 cm³/mol. The Balaban J connectivity index is 1.50.